The Labute approximate surface area is 108 Å². The first-order chi connectivity index (χ1) is 8.19. The molecule has 0 aromatic heterocycles. The van der Waals surface area contributed by atoms with Crippen molar-refractivity contribution in [1.82, 2.24) is 0 Å². The van der Waals surface area contributed by atoms with Crippen LogP contribution in [0.2, 0.25) is 0 Å². The van der Waals surface area contributed by atoms with Crippen LogP contribution in [-0.2, 0) is 0 Å². The molecule has 0 bridgehead atoms. The third-order valence-electron chi connectivity index (χ3n) is 2.99. The molecule has 1 N–H and O–H groups in total. The fraction of sp³-hybridized carbons (Fsp3) is 0.571. The molecule has 1 aliphatic rings. The highest BCUT2D eigenvalue weighted by atomic mass is 32.2. The van der Waals surface area contributed by atoms with Gasteiger partial charge in [0.2, 0.25) is 0 Å². The van der Waals surface area contributed by atoms with E-state index in [1.165, 1.54) is 17.7 Å². The summed E-state index contributed by atoms with van der Waals surface area (Å²) in [7, 11) is 0. The van der Waals surface area contributed by atoms with Crippen molar-refractivity contribution in [2.45, 2.75) is 38.5 Å². The van der Waals surface area contributed by atoms with Crippen molar-refractivity contribution in [3.05, 3.63) is 23.8 Å². The van der Waals surface area contributed by atoms with Gasteiger partial charge in [-0.25, -0.2) is 0 Å². The molecule has 2 unspecified atom stereocenters. The fourth-order valence-electron chi connectivity index (χ4n) is 2.16. The minimum absolute atomic E-state index is 0.580. The number of aryl methyl sites for hydroxylation is 1. The summed E-state index contributed by atoms with van der Waals surface area (Å²) in [6.45, 7) is 7.14. The molecule has 1 saturated heterocycles. The Morgan fingerprint density at radius 1 is 1.47 bits per heavy atom. The lowest BCUT2D eigenvalue weighted by atomic mass is 10.1. The normalized spacial score (nSPS) is 23.7. The van der Waals surface area contributed by atoms with Crippen LogP contribution in [0.1, 0.15) is 25.8 Å². The van der Waals surface area contributed by atoms with Crippen molar-refractivity contribution in [3.63, 3.8) is 0 Å². The van der Waals surface area contributed by atoms with Crippen LogP contribution in [0.4, 0.5) is 5.69 Å². The molecule has 2 rings (SSSR count). The lowest BCUT2D eigenvalue weighted by Gasteiger charge is -2.17. The van der Waals surface area contributed by atoms with Gasteiger partial charge < -0.3 is 10.1 Å². The number of benzene rings is 1. The van der Waals surface area contributed by atoms with Crippen LogP contribution < -0.4 is 10.1 Å². The monoisotopic (exact) mass is 251 g/mol. The minimum atomic E-state index is 0.580. The van der Waals surface area contributed by atoms with Gasteiger partial charge >= 0.3 is 0 Å². The van der Waals surface area contributed by atoms with E-state index in [1.54, 1.807) is 0 Å². The standard InChI is InChI=1S/C14H21NOS/c1-4-16-14-7-10(2)5-6-13(14)15-12-8-11(3)17-9-12/h5-7,11-12,15H,4,8-9H2,1-3H3. The molecule has 3 heteroatoms. The summed E-state index contributed by atoms with van der Waals surface area (Å²) in [5.74, 6) is 2.18. The zero-order valence-corrected chi connectivity index (χ0v) is 11.6. The highest BCUT2D eigenvalue weighted by molar-refractivity contribution is 8.00. The van der Waals surface area contributed by atoms with Crippen molar-refractivity contribution in [2.24, 2.45) is 0 Å². The number of hydrogen-bond donors (Lipinski definition) is 1. The average molecular weight is 251 g/mol. The van der Waals surface area contributed by atoms with Gasteiger partial charge in [0, 0.05) is 17.0 Å². The van der Waals surface area contributed by atoms with E-state index in [9.17, 15) is 0 Å². The summed E-state index contributed by atoms with van der Waals surface area (Å²) in [5, 5.41) is 4.38. The molecular weight excluding hydrogens is 230 g/mol. The van der Waals surface area contributed by atoms with E-state index in [0.29, 0.717) is 12.6 Å². The number of rotatable bonds is 4. The Hall–Kier alpha value is -0.830. The summed E-state index contributed by atoms with van der Waals surface area (Å²) in [5.41, 5.74) is 2.38. The Morgan fingerprint density at radius 3 is 2.94 bits per heavy atom. The maximum Gasteiger partial charge on any atom is 0.142 e. The summed E-state index contributed by atoms with van der Waals surface area (Å²) in [4.78, 5) is 0. The molecule has 1 heterocycles. The molecule has 1 aromatic rings. The highest BCUT2D eigenvalue weighted by Gasteiger charge is 2.22. The second-order valence-corrected chi connectivity index (χ2v) is 6.12. The van der Waals surface area contributed by atoms with E-state index in [2.05, 4.69) is 37.4 Å². The predicted octanol–water partition coefficient (Wildman–Crippen LogP) is 3.70. The number of thioether (sulfide) groups is 1. The molecule has 1 aromatic carbocycles. The third-order valence-corrected chi connectivity index (χ3v) is 4.35. The van der Waals surface area contributed by atoms with Gasteiger partial charge in [0.1, 0.15) is 5.75 Å². The lowest BCUT2D eigenvalue weighted by molar-refractivity contribution is 0.341. The Kier molecular flexibility index (Phi) is 4.21. The molecule has 1 aliphatic heterocycles. The fourth-order valence-corrected chi connectivity index (χ4v) is 3.31. The first kappa shape index (κ1) is 12.6. The Bertz CT molecular complexity index is 380. The zero-order valence-electron chi connectivity index (χ0n) is 10.8. The zero-order chi connectivity index (χ0) is 12.3. The first-order valence-corrected chi connectivity index (χ1v) is 7.35. The summed E-state index contributed by atoms with van der Waals surface area (Å²) < 4.78 is 5.69. The largest absolute Gasteiger partial charge is 0.492 e. The van der Waals surface area contributed by atoms with Crippen LogP contribution in [0, 0.1) is 6.92 Å². The molecule has 0 spiro atoms. The summed E-state index contributed by atoms with van der Waals surface area (Å²) >= 11 is 2.04. The van der Waals surface area contributed by atoms with Gasteiger partial charge in [0.25, 0.3) is 0 Å². The second kappa shape index (κ2) is 5.67. The molecule has 0 amide bonds. The Balaban J connectivity index is 2.08. The minimum Gasteiger partial charge on any atom is -0.492 e. The van der Waals surface area contributed by atoms with E-state index < -0.39 is 0 Å². The maximum absolute atomic E-state index is 5.69. The second-order valence-electron chi connectivity index (χ2n) is 4.65. The van der Waals surface area contributed by atoms with Crippen molar-refractivity contribution in [2.75, 3.05) is 17.7 Å². The van der Waals surface area contributed by atoms with Crippen LogP contribution in [-0.4, -0.2) is 23.7 Å². The molecule has 0 aliphatic carbocycles. The number of ether oxygens (including phenoxy) is 1. The van der Waals surface area contributed by atoms with E-state index in [-0.39, 0.29) is 0 Å². The van der Waals surface area contributed by atoms with Crippen LogP contribution in [0.15, 0.2) is 18.2 Å². The van der Waals surface area contributed by atoms with Gasteiger partial charge in [0.05, 0.1) is 12.3 Å². The van der Waals surface area contributed by atoms with Gasteiger partial charge in [-0.3, -0.25) is 0 Å². The van der Waals surface area contributed by atoms with Crippen molar-refractivity contribution >= 4 is 17.4 Å². The SMILES string of the molecule is CCOc1cc(C)ccc1NC1CSC(C)C1. The number of nitrogens with one attached hydrogen (secondary N) is 1. The molecule has 0 radical (unpaired) electrons. The van der Waals surface area contributed by atoms with Crippen LogP contribution in [0.5, 0.6) is 5.75 Å². The lowest BCUT2D eigenvalue weighted by Crippen LogP contribution is -2.19. The number of hydrogen-bond acceptors (Lipinski definition) is 3. The van der Waals surface area contributed by atoms with E-state index >= 15 is 0 Å². The van der Waals surface area contributed by atoms with Crippen LogP contribution in [0.25, 0.3) is 0 Å². The van der Waals surface area contributed by atoms with Crippen molar-refractivity contribution in [3.8, 4) is 5.75 Å². The van der Waals surface area contributed by atoms with Crippen molar-refractivity contribution in [1.29, 1.82) is 0 Å². The molecule has 0 saturated carbocycles. The van der Waals surface area contributed by atoms with Gasteiger partial charge in [-0.1, -0.05) is 13.0 Å². The molecule has 94 valence electrons. The molecule has 17 heavy (non-hydrogen) atoms. The topological polar surface area (TPSA) is 21.3 Å². The van der Waals surface area contributed by atoms with Crippen LogP contribution in [0.3, 0.4) is 0 Å². The van der Waals surface area contributed by atoms with E-state index in [1.807, 2.05) is 18.7 Å². The van der Waals surface area contributed by atoms with E-state index in [4.69, 9.17) is 4.74 Å². The van der Waals surface area contributed by atoms with Crippen molar-refractivity contribution < 1.29 is 4.74 Å². The molecule has 2 nitrogen and oxygen atoms in total. The smallest absolute Gasteiger partial charge is 0.142 e. The quantitative estimate of drug-likeness (QED) is 0.881. The summed E-state index contributed by atoms with van der Waals surface area (Å²) in [6, 6.07) is 6.96. The van der Waals surface area contributed by atoms with E-state index in [0.717, 1.165) is 16.7 Å². The molecule has 2 atom stereocenters. The Morgan fingerprint density at radius 2 is 2.29 bits per heavy atom. The molecular formula is C14H21NOS. The number of anilines is 1. The van der Waals surface area contributed by atoms with Gasteiger partial charge in [-0.2, -0.15) is 11.8 Å². The summed E-state index contributed by atoms with van der Waals surface area (Å²) in [6.07, 6.45) is 1.24. The first-order valence-electron chi connectivity index (χ1n) is 6.30. The third kappa shape index (κ3) is 3.32. The highest BCUT2D eigenvalue weighted by Crippen LogP contribution is 2.32. The molecule has 1 fully saturated rings. The predicted molar refractivity (Wildman–Crippen MR) is 76.3 cm³/mol. The van der Waals surface area contributed by atoms with Gasteiger partial charge in [0.15, 0.2) is 0 Å². The van der Waals surface area contributed by atoms with Crippen LogP contribution >= 0.6 is 11.8 Å². The van der Waals surface area contributed by atoms with Gasteiger partial charge in [-0.15, -0.1) is 0 Å². The maximum atomic E-state index is 5.69. The average Bonchev–Trinajstić information content (AvgIpc) is 2.69. The van der Waals surface area contributed by atoms with Gasteiger partial charge in [-0.05, 0) is 38.0 Å².